The zero-order chi connectivity index (χ0) is 21.0. The van der Waals surface area contributed by atoms with Gasteiger partial charge in [-0.05, 0) is 43.0 Å². The minimum Gasteiger partial charge on any atom is -0.493 e. The smallest absolute Gasteiger partial charge is 0.336 e. The van der Waals surface area contributed by atoms with Crippen LogP contribution >= 0.6 is 0 Å². The van der Waals surface area contributed by atoms with E-state index in [1.54, 1.807) is 18.2 Å². The van der Waals surface area contributed by atoms with Crippen LogP contribution < -0.4 is 10.4 Å². The number of carbonyl (C=O) groups excluding carboxylic acids is 2. The second-order valence-electron chi connectivity index (χ2n) is 9.19. The van der Waals surface area contributed by atoms with E-state index in [4.69, 9.17) is 9.15 Å². The van der Waals surface area contributed by atoms with Gasteiger partial charge in [0.1, 0.15) is 17.1 Å². The molecule has 29 heavy (non-hydrogen) atoms. The van der Waals surface area contributed by atoms with Gasteiger partial charge in [0.2, 0.25) is 0 Å². The van der Waals surface area contributed by atoms with Gasteiger partial charge in [0.25, 0.3) is 0 Å². The number of fused-ring (bicyclic) bond motifs is 2. The molecule has 0 N–H and O–H groups in total. The highest BCUT2D eigenvalue weighted by Crippen LogP contribution is 2.57. The first kappa shape index (κ1) is 19.6. The molecule has 5 nitrogen and oxygen atoms in total. The average Bonchev–Trinajstić information content (AvgIpc) is 2.64. The Hall–Kier alpha value is -2.69. The summed E-state index contributed by atoms with van der Waals surface area (Å²) >= 11 is 0. The third-order valence-electron chi connectivity index (χ3n) is 7.00. The van der Waals surface area contributed by atoms with Gasteiger partial charge in [-0.25, -0.2) is 4.79 Å². The number of Topliss-reactive ketones (excluding diaryl/α,β-unsaturated/α-hetero) is 1. The molecule has 0 amide bonds. The Bertz CT molecular complexity index is 1090. The Balaban J connectivity index is 1.64. The number of ketones is 2. The minimum absolute atomic E-state index is 0.0241. The van der Waals surface area contributed by atoms with E-state index in [0.717, 1.165) is 11.0 Å². The zero-order valence-corrected chi connectivity index (χ0v) is 17.3. The lowest BCUT2D eigenvalue weighted by molar-refractivity contribution is -0.153. The molecule has 2 aliphatic carbocycles. The van der Waals surface area contributed by atoms with Gasteiger partial charge in [-0.2, -0.15) is 0 Å². The monoisotopic (exact) mass is 394 g/mol. The maximum absolute atomic E-state index is 12.9. The quantitative estimate of drug-likeness (QED) is 0.725. The lowest BCUT2D eigenvalue weighted by Crippen LogP contribution is -2.56. The molecule has 2 aromatic rings. The van der Waals surface area contributed by atoms with E-state index >= 15 is 0 Å². The van der Waals surface area contributed by atoms with E-state index < -0.39 is 11.0 Å². The summed E-state index contributed by atoms with van der Waals surface area (Å²) < 4.78 is 11.4. The molecule has 152 valence electrons. The van der Waals surface area contributed by atoms with Crippen LogP contribution in [-0.2, 0) is 9.59 Å². The Morgan fingerprint density at radius 1 is 1.10 bits per heavy atom. The largest absolute Gasteiger partial charge is 0.493 e. The lowest BCUT2D eigenvalue weighted by atomic mass is 9.48. The van der Waals surface area contributed by atoms with Crippen molar-refractivity contribution in [2.24, 2.45) is 22.7 Å². The van der Waals surface area contributed by atoms with Crippen LogP contribution in [0.2, 0.25) is 0 Å². The molecule has 0 saturated heterocycles. The van der Waals surface area contributed by atoms with Gasteiger partial charge in [0.05, 0.1) is 6.61 Å². The third kappa shape index (κ3) is 3.13. The normalized spacial score (nSPS) is 28.8. The lowest BCUT2D eigenvalue weighted by Gasteiger charge is -2.54. The van der Waals surface area contributed by atoms with Gasteiger partial charge in [-0.3, -0.25) is 9.59 Å². The van der Waals surface area contributed by atoms with Crippen molar-refractivity contribution in [2.45, 2.75) is 40.5 Å². The molecular formula is C24H26O5. The molecule has 1 fully saturated rings. The van der Waals surface area contributed by atoms with Crippen LogP contribution in [0.1, 0.15) is 40.5 Å². The maximum atomic E-state index is 12.9. The molecule has 0 spiro atoms. The summed E-state index contributed by atoms with van der Waals surface area (Å²) in [7, 11) is 0. The summed E-state index contributed by atoms with van der Waals surface area (Å²) in [5, 5.41) is 0.829. The zero-order valence-electron chi connectivity index (χ0n) is 17.3. The molecule has 0 bridgehead atoms. The standard InChI is InChI=1S/C24H26O5/c1-14-11-18(25)22-23(2,3)20(26)9-10-24(22,4)17(14)13-28-16-7-5-15-6-8-21(27)29-19(15)12-16/h5-8,11-12,17,22H,9-10,13H2,1-4H3. The number of carbonyl (C=O) groups is 2. The van der Waals surface area contributed by atoms with Gasteiger partial charge in [0, 0.05) is 41.2 Å². The molecule has 5 heteroatoms. The van der Waals surface area contributed by atoms with E-state index in [9.17, 15) is 14.4 Å². The van der Waals surface area contributed by atoms with Crippen molar-refractivity contribution >= 4 is 22.5 Å². The molecule has 3 unspecified atom stereocenters. The van der Waals surface area contributed by atoms with E-state index in [1.807, 2.05) is 32.9 Å². The Labute approximate surface area is 169 Å². The molecule has 1 saturated carbocycles. The van der Waals surface area contributed by atoms with E-state index in [0.29, 0.717) is 30.8 Å². The maximum Gasteiger partial charge on any atom is 0.336 e. The van der Waals surface area contributed by atoms with Crippen molar-refractivity contribution in [1.82, 2.24) is 0 Å². The Morgan fingerprint density at radius 3 is 2.59 bits per heavy atom. The number of hydrogen-bond acceptors (Lipinski definition) is 5. The summed E-state index contributed by atoms with van der Waals surface area (Å²) in [5.74, 6) is 0.499. The molecule has 4 rings (SSSR count). The van der Waals surface area contributed by atoms with Crippen molar-refractivity contribution in [3.8, 4) is 5.75 Å². The van der Waals surface area contributed by atoms with E-state index in [-0.39, 0.29) is 28.8 Å². The van der Waals surface area contributed by atoms with Crippen LogP contribution in [0.4, 0.5) is 0 Å². The molecule has 2 aliphatic rings. The Morgan fingerprint density at radius 2 is 1.83 bits per heavy atom. The number of hydrogen-bond donors (Lipinski definition) is 0. The summed E-state index contributed by atoms with van der Waals surface area (Å²) in [5.41, 5.74) is 0.0623. The number of allylic oxidation sites excluding steroid dienone is 1. The van der Waals surface area contributed by atoms with Crippen LogP contribution in [0.5, 0.6) is 5.75 Å². The van der Waals surface area contributed by atoms with Crippen LogP contribution in [0, 0.1) is 22.7 Å². The summed E-state index contributed by atoms with van der Waals surface area (Å²) in [4.78, 5) is 36.9. The van der Waals surface area contributed by atoms with Gasteiger partial charge in [-0.15, -0.1) is 0 Å². The second-order valence-corrected chi connectivity index (χ2v) is 9.19. The van der Waals surface area contributed by atoms with Crippen LogP contribution in [0.15, 0.2) is 51.2 Å². The first-order valence-electron chi connectivity index (χ1n) is 10.0. The predicted molar refractivity (Wildman–Crippen MR) is 110 cm³/mol. The van der Waals surface area contributed by atoms with Crippen molar-refractivity contribution in [3.05, 3.63) is 52.4 Å². The summed E-state index contributed by atoms with van der Waals surface area (Å²) in [6, 6.07) is 8.54. The SMILES string of the molecule is CC1=CC(=O)C2C(C)(C)C(=O)CCC2(C)C1COc1ccc2ccc(=O)oc2c1. The van der Waals surface area contributed by atoms with Gasteiger partial charge < -0.3 is 9.15 Å². The fourth-order valence-corrected chi connectivity index (χ4v) is 5.45. The fraction of sp³-hybridized carbons (Fsp3) is 0.458. The number of rotatable bonds is 3. The first-order chi connectivity index (χ1) is 13.6. The van der Waals surface area contributed by atoms with E-state index in [2.05, 4.69) is 6.92 Å². The third-order valence-corrected chi connectivity index (χ3v) is 7.00. The average molecular weight is 394 g/mol. The molecule has 3 atom stereocenters. The van der Waals surface area contributed by atoms with Crippen LogP contribution in [-0.4, -0.2) is 18.2 Å². The number of ether oxygens (including phenoxy) is 1. The topological polar surface area (TPSA) is 73.6 Å². The minimum atomic E-state index is -0.675. The first-order valence-corrected chi connectivity index (χ1v) is 10.0. The van der Waals surface area contributed by atoms with Crippen LogP contribution in [0.3, 0.4) is 0 Å². The molecule has 1 aromatic carbocycles. The van der Waals surface area contributed by atoms with Crippen molar-refractivity contribution in [1.29, 1.82) is 0 Å². The fourth-order valence-electron chi connectivity index (χ4n) is 5.45. The predicted octanol–water partition coefficient (Wildman–Crippen LogP) is 4.33. The van der Waals surface area contributed by atoms with Crippen molar-refractivity contribution in [3.63, 3.8) is 0 Å². The molecule has 0 aliphatic heterocycles. The summed E-state index contributed by atoms with van der Waals surface area (Å²) in [6.07, 6.45) is 2.86. The molecule has 0 radical (unpaired) electrons. The Kier molecular flexibility index (Phi) is 4.52. The van der Waals surface area contributed by atoms with Crippen LogP contribution in [0.25, 0.3) is 11.0 Å². The van der Waals surface area contributed by atoms with Gasteiger partial charge >= 0.3 is 5.63 Å². The second kappa shape index (κ2) is 6.68. The van der Waals surface area contributed by atoms with E-state index in [1.165, 1.54) is 6.07 Å². The highest BCUT2D eigenvalue weighted by molar-refractivity contribution is 6.00. The molecular weight excluding hydrogens is 368 g/mol. The highest BCUT2D eigenvalue weighted by atomic mass is 16.5. The molecule has 1 aromatic heterocycles. The van der Waals surface area contributed by atoms with Crippen molar-refractivity contribution < 1.29 is 18.7 Å². The molecule has 1 heterocycles. The van der Waals surface area contributed by atoms with Gasteiger partial charge in [-0.1, -0.05) is 26.3 Å². The highest BCUT2D eigenvalue weighted by Gasteiger charge is 2.58. The number of benzene rings is 1. The van der Waals surface area contributed by atoms with Crippen molar-refractivity contribution in [2.75, 3.05) is 6.61 Å². The van der Waals surface area contributed by atoms with Gasteiger partial charge in [0.15, 0.2) is 5.78 Å². The summed E-state index contributed by atoms with van der Waals surface area (Å²) in [6.45, 7) is 8.28.